The Bertz CT molecular complexity index is 1150. The van der Waals surface area contributed by atoms with Crippen molar-refractivity contribution in [2.75, 3.05) is 5.32 Å². The lowest BCUT2D eigenvalue weighted by atomic mass is 9.67. The van der Waals surface area contributed by atoms with Gasteiger partial charge in [-0.2, -0.15) is 0 Å². The van der Waals surface area contributed by atoms with Crippen LogP contribution in [0, 0.1) is 16.7 Å². The van der Waals surface area contributed by atoms with Crippen molar-refractivity contribution in [3.63, 3.8) is 0 Å². The van der Waals surface area contributed by atoms with Crippen molar-refractivity contribution < 1.29 is 4.79 Å². The van der Waals surface area contributed by atoms with Crippen LogP contribution in [-0.4, -0.2) is 5.78 Å². The molecule has 1 aliphatic heterocycles. The summed E-state index contributed by atoms with van der Waals surface area (Å²) in [5.41, 5.74) is 6.92. The first-order chi connectivity index (χ1) is 14.4. The second kappa shape index (κ2) is 6.09. The Hall–Kier alpha value is -2.35. The maximum Gasteiger partial charge on any atom is 0.161 e. The predicted octanol–water partition coefficient (Wildman–Crippen LogP) is 7.13. The van der Waals surface area contributed by atoms with Gasteiger partial charge in [0.1, 0.15) is 0 Å². The van der Waals surface area contributed by atoms with Crippen LogP contribution >= 0.6 is 0 Å². The van der Waals surface area contributed by atoms with Gasteiger partial charge in [-0.15, -0.1) is 0 Å². The van der Waals surface area contributed by atoms with E-state index in [1.54, 1.807) is 5.57 Å². The first-order valence-electron chi connectivity index (χ1n) is 11.7. The average molecular weight is 398 g/mol. The van der Waals surface area contributed by atoms with Crippen molar-refractivity contribution in [2.24, 2.45) is 16.7 Å². The second-order valence-electron chi connectivity index (χ2n) is 10.7. The van der Waals surface area contributed by atoms with Gasteiger partial charge in [0, 0.05) is 29.0 Å². The van der Waals surface area contributed by atoms with Crippen LogP contribution in [0.2, 0.25) is 0 Å². The molecule has 2 aromatic rings. The zero-order chi connectivity index (χ0) is 20.7. The van der Waals surface area contributed by atoms with Crippen molar-refractivity contribution >= 4 is 22.2 Å². The fraction of sp³-hybridized carbons (Fsp3) is 0.464. The van der Waals surface area contributed by atoms with E-state index in [1.165, 1.54) is 47.0 Å². The number of Topliss-reactive ketones (excluding diaryl/α,β-unsaturated/α-hetero) is 1. The van der Waals surface area contributed by atoms with E-state index in [0.29, 0.717) is 17.6 Å². The Morgan fingerprint density at radius 2 is 1.90 bits per heavy atom. The van der Waals surface area contributed by atoms with Gasteiger partial charge in [-0.05, 0) is 59.8 Å². The lowest BCUT2D eigenvalue weighted by Crippen LogP contribution is -2.29. The summed E-state index contributed by atoms with van der Waals surface area (Å²) in [6.45, 7) is 7.41. The predicted molar refractivity (Wildman–Crippen MR) is 124 cm³/mol. The molecule has 1 N–H and O–H groups in total. The molecule has 0 aromatic heterocycles. The topological polar surface area (TPSA) is 29.1 Å². The van der Waals surface area contributed by atoms with E-state index in [0.717, 1.165) is 24.3 Å². The monoisotopic (exact) mass is 397 g/mol. The van der Waals surface area contributed by atoms with Gasteiger partial charge in [0.15, 0.2) is 5.78 Å². The molecule has 0 amide bonds. The number of hydrogen-bond donors (Lipinski definition) is 1. The van der Waals surface area contributed by atoms with Crippen molar-refractivity contribution in [3.8, 4) is 0 Å². The SMILES string of the molecule is CC1(C)[C@H]2CC[C@]1(C)C(=C[C@H]1C3=C(CCCC3=O)Nc3c1ccc1ccccc31)C2. The molecule has 2 fully saturated rings. The van der Waals surface area contributed by atoms with Gasteiger partial charge in [-0.25, -0.2) is 0 Å². The van der Waals surface area contributed by atoms with Gasteiger partial charge in [0.05, 0.1) is 5.69 Å². The summed E-state index contributed by atoms with van der Waals surface area (Å²) in [6.07, 6.45) is 8.98. The number of hydrogen-bond acceptors (Lipinski definition) is 2. The standard InChI is InChI=1S/C28H31NO/c1-27(2)18-13-14-28(27,3)19(15-18)16-22-21-12-11-17-7-4-5-8-20(17)26(21)29-23-9-6-10-24(30)25(22)23/h4-5,7-8,11-12,16,18,22,29H,6,9-10,13-15H2,1-3H3/t18-,22+,28+/m0/s1. The smallest absolute Gasteiger partial charge is 0.161 e. The minimum atomic E-state index is 0.0932. The number of nitrogens with one attached hydrogen (secondary N) is 1. The van der Waals surface area contributed by atoms with E-state index in [1.807, 2.05) is 0 Å². The maximum absolute atomic E-state index is 13.1. The molecule has 0 spiro atoms. The van der Waals surface area contributed by atoms with Crippen molar-refractivity contribution in [1.29, 1.82) is 0 Å². The number of carbonyl (C=O) groups is 1. The molecule has 2 heteroatoms. The molecule has 0 saturated heterocycles. The highest BCUT2D eigenvalue weighted by molar-refractivity contribution is 6.04. The molecular formula is C28H31NO. The van der Waals surface area contributed by atoms with Crippen LogP contribution in [0.25, 0.3) is 10.8 Å². The summed E-state index contributed by atoms with van der Waals surface area (Å²) in [4.78, 5) is 13.1. The Labute approximate surface area is 179 Å². The normalized spacial score (nSPS) is 33.0. The summed E-state index contributed by atoms with van der Waals surface area (Å²) in [6, 6.07) is 13.1. The molecule has 1 heterocycles. The molecule has 2 aromatic carbocycles. The van der Waals surface area contributed by atoms with Gasteiger partial charge in [-0.3, -0.25) is 4.79 Å². The zero-order valence-electron chi connectivity index (χ0n) is 18.3. The van der Waals surface area contributed by atoms with Crippen molar-refractivity contribution in [2.45, 2.75) is 65.2 Å². The van der Waals surface area contributed by atoms with Crippen molar-refractivity contribution in [3.05, 3.63) is 64.9 Å². The van der Waals surface area contributed by atoms with Crippen LogP contribution < -0.4 is 5.32 Å². The van der Waals surface area contributed by atoms with E-state index in [9.17, 15) is 4.79 Å². The van der Waals surface area contributed by atoms with Crippen LogP contribution in [0.4, 0.5) is 5.69 Å². The summed E-state index contributed by atoms with van der Waals surface area (Å²) in [5, 5.41) is 6.24. The molecule has 2 saturated carbocycles. The molecule has 4 aliphatic rings. The van der Waals surface area contributed by atoms with E-state index in [2.05, 4.69) is 68.6 Å². The third kappa shape index (κ3) is 2.28. The van der Waals surface area contributed by atoms with Gasteiger partial charge >= 0.3 is 0 Å². The highest BCUT2D eigenvalue weighted by Gasteiger charge is 2.58. The number of ketones is 1. The van der Waals surface area contributed by atoms with E-state index < -0.39 is 0 Å². The number of allylic oxidation sites excluding steroid dienone is 4. The van der Waals surface area contributed by atoms with Crippen LogP contribution in [0.5, 0.6) is 0 Å². The third-order valence-electron chi connectivity index (χ3n) is 9.32. The van der Waals surface area contributed by atoms with Gasteiger partial charge in [0.25, 0.3) is 0 Å². The van der Waals surface area contributed by atoms with Gasteiger partial charge < -0.3 is 5.32 Å². The average Bonchev–Trinajstić information content (AvgIpc) is 3.07. The first-order valence-corrected chi connectivity index (χ1v) is 11.7. The lowest BCUT2D eigenvalue weighted by Gasteiger charge is -2.38. The summed E-state index contributed by atoms with van der Waals surface area (Å²) in [7, 11) is 0. The van der Waals surface area contributed by atoms with Gasteiger partial charge in [-0.1, -0.05) is 68.8 Å². The Kier molecular flexibility index (Phi) is 3.74. The minimum Gasteiger partial charge on any atom is -0.358 e. The van der Waals surface area contributed by atoms with Crippen LogP contribution in [0.3, 0.4) is 0 Å². The molecule has 6 rings (SSSR count). The second-order valence-corrected chi connectivity index (χ2v) is 10.7. The van der Waals surface area contributed by atoms with Crippen LogP contribution in [-0.2, 0) is 4.79 Å². The Morgan fingerprint density at radius 1 is 1.07 bits per heavy atom. The molecule has 0 unspecified atom stereocenters. The lowest BCUT2D eigenvalue weighted by molar-refractivity contribution is -0.116. The number of carbonyl (C=O) groups excluding carboxylic acids is 1. The van der Waals surface area contributed by atoms with E-state index in [-0.39, 0.29) is 11.3 Å². The molecule has 154 valence electrons. The largest absolute Gasteiger partial charge is 0.358 e. The summed E-state index contributed by atoms with van der Waals surface area (Å²) < 4.78 is 0. The highest BCUT2D eigenvalue weighted by Crippen LogP contribution is 2.68. The molecule has 2 nitrogen and oxygen atoms in total. The number of benzene rings is 2. The molecule has 30 heavy (non-hydrogen) atoms. The third-order valence-corrected chi connectivity index (χ3v) is 9.32. The highest BCUT2D eigenvalue weighted by atomic mass is 16.1. The van der Waals surface area contributed by atoms with Gasteiger partial charge in [0.2, 0.25) is 0 Å². The molecule has 0 radical (unpaired) electrons. The number of anilines is 1. The molecule has 3 aliphatic carbocycles. The van der Waals surface area contributed by atoms with E-state index >= 15 is 0 Å². The fourth-order valence-electron chi connectivity index (χ4n) is 6.99. The number of rotatable bonds is 1. The van der Waals surface area contributed by atoms with E-state index in [4.69, 9.17) is 0 Å². The maximum atomic E-state index is 13.1. The summed E-state index contributed by atoms with van der Waals surface area (Å²) >= 11 is 0. The van der Waals surface area contributed by atoms with Crippen LogP contribution in [0.1, 0.15) is 70.8 Å². The van der Waals surface area contributed by atoms with Crippen molar-refractivity contribution in [1.82, 2.24) is 0 Å². The summed E-state index contributed by atoms with van der Waals surface area (Å²) in [5.74, 6) is 1.22. The Morgan fingerprint density at radius 3 is 2.67 bits per heavy atom. The quantitative estimate of drug-likeness (QED) is 0.519. The molecule has 3 atom stereocenters. The zero-order valence-corrected chi connectivity index (χ0v) is 18.3. The fourth-order valence-corrected chi connectivity index (χ4v) is 6.99. The Balaban J connectivity index is 1.56. The first kappa shape index (κ1) is 18.4. The van der Waals surface area contributed by atoms with Crippen LogP contribution in [0.15, 0.2) is 59.3 Å². The minimum absolute atomic E-state index is 0.0932. The molecular weight excluding hydrogens is 366 g/mol. The molecule has 2 bridgehead atoms. The number of fused-ring (bicyclic) bond motifs is 5.